The topological polar surface area (TPSA) is 87.2 Å². The van der Waals surface area contributed by atoms with Crippen LogP contribution in [0.5, 0.6) is 0 Å². The van der Waals surface area contributed by atoms with Crippen molar-refractivity contribution in [1.29, 1.82) is 0 Å². The number of aryl methyl sites for hydroxylation is 1. The van der Waals surface area contributed by atoms with Gasteiger partial charge in [0.05, 0.1) is 29.0 Å². The first-order chi connectivity index (χ1) is 13.6. The van der Waals surface area contributed by atoms with Crippen LogP contribution in [0.15, 0.2) is 70.0 Å². The third-order valence-corrected chi connectivity index (χ3v) is 4.27. The number of carbonyl (C=O) groups excluding carboxylic acids is 1. The number of fused-ring (bicyclic) bond motifs is 1. The lowest BCUT2D eigenvalue weighted by Gasteiger charge is -2.07. The highest BCUT2D eigenvalue weighted by Crippen LogP contribution is 2.15. The summed E-state index contributed by atoms with van der Waals surface area (Å²) in [5.74, 6) is -0.0340. The maximum absolute atomic E-state index is 12.3. The van der Waals surface area contributed by atoms with Crippen LogP contribution in [0.25, 0.3) is 11.0 Å². The standard InChI is InChI=1S/C21H17N3O4/c1-14-18(23-17-7-3-2-6-16(17)22-14)13-27-21(26)19-10-9-15(28-19)12-24-11-5-4-8-20(24)25/h2-11H,12-13H2,1H3. The Balaban J connectivity index is 1.45. The fourth-order valence-electron chi connectivity index (χ4n) is 2.80. The molecule has 0 N–H and O–H groups in total. The van der Waals surface area contributed by atoms with Gasteiger partial charge in [-0.05, 0) is 37.3 Å². The van der Waals surface area contributed by atoms with Gasteiger partial charge in [0, 0.05) is 12.3 Å². The zero-order chi connectivity index (χ0) is 19.5. The van der Waals surface area contributed by atoms with Gasteiger partial charge in [0.15, 0.2) is 0 Å². The van der Waals surface area contributed by atoms with E-state index in [4.69, 9.17) is 9.15 Å². The smallest absolute Gasteiger partial charge is 0.374 e. The molecule has 0 aliphatic carbocycles. The van der Waals surface area contributed by atoms with Crippen LogP contribution < -0.4 is 5.56 Å². The van der Waals surface area contributed by atoms with Crippen LogP contribution in [0.1, 0.15) is 27.7 Å². The summed E-state index contributed by atoms with van der Waals surface area (Å²) in [6.45, 7) is 2.06. The van der Waals surface area contributed by atoms with Gasteiger partial charge in [-0.1, -0.05) is 18.2 Å². The summed E-state index contributed by atoms with van der Waals surface area (Å²) >= 11 is 0. The Kier molecular flexibility index (Phi) is 4.72. The minimum Gasteiger partial charge on any atom is -0.453 e. The Morgan fingerprint density at radius 3 is 2.57 bits per heavy atom. The van der Waals surface area contributed by atoms with Gasteiger partial charge >= 0.3 is 5.97 Å². The van der Waals surface area contributed by atoms with Gasteiger partial charge in [0.2, 0.25) is 5.76 Å². The molecule has 0 aliphatic heterocycles. The predicted molar refractivity (Wildman–Crippen MR) is 102 cm³/mol. The summed E-state index contributed by atoms with van der Waals surface area (Å²) in [5.41, 5.74) is 2.69. The van der Waals surface area contributed by atoms with E-state index < -0.39 is 5.97 Å². The summed E-state index contributed by atoms with van der Waals surface area (Å²) in [5, 5.41) is 0. The molecule has 0 radical (unpaired) electrons. The summed E-state index contributed by atoms with van der Waals surface area (Å²) in [6.07, 6.45) is 1.66. The molecule has 140 valence electrons. The van der Waals surface area contributed by atoms with Gasteiger partial charge in [-0.25, -0.2) is 14.8 Å². The molecule has 0 unspecified atom stereocenters. The first kappa shape index (κ1) is 17.7. The number of furan rings is 1. The number of benzene rings is 1. The van der Waals surface area contributed by atoms with Crippen LogP contribution in [0.3, 0.4) is 0 Å². The van der Waals surface area contributed by atoms with Crippen molar-refractivity contribution >= 4 is 17.0 Å². The molecule has 0 aliphatic rings. The second-order valence-electron chi connectivity index (χ2n) is 6.25. The van der Waals surface area contributed by atoms with Gasteiger partial charge in [-0.2, -0.15) is 0 Å². The van der Waals surface area contributed by atoms with Gasteiger partial charge in [0.1, 0.15) is 12.4 Å². The van der Waals surface area contributed by atoms with Crippen LogP contribution in [0.2, 0.25) is 0 Å². The summed E-state index contributed by atoms with van der Waals surface area (Å²) in [6, 6.07) is 15.6. The van der Waals surface area contributed by atoms with Gasteiger partial charge in [0.25, 0.3) is 5.56 Å². The lowest BCUT2D eigenvalue weighted by atomic mass is 10.2. The van der Waals surface area contributed by atoms with E-state index in [1.807, 2.05) is 31.2 Å². The Morgan fingerprint density at radius 2 is 1.79 bits per heavy atom. The van der Waals surface area contributed by atoms with E-state index in [0.29, 0.717) is 17.1 Å². The SMILES string of the molecule is Cc1nc2ccccc2nc1COC(=O)c1ccc(Cn2ccccc2=O)o1. The minimum absolute atomic E-state index is 0.00330. The van der Waals surface area contributed by atoms with E-state index in [-0.39, 0.29) is 24.5 Å². The second kappa shape index (κ2) is 7.48. The largest absolute Gasteiger partial charge is 0.453 e. The zero-order valence-corrected chi connectivity index (χ0v) is 15.2. The molecule has 4 rings (SSSR count). The fraction of sp³-hybridized carbons (Fsp3) is 0.143. The number of aromatic nitrogens is 3. The predicted octanol–water partition coefficient (Wildman–Crippen LogP) is 3.10. The summed E-state index contributed by atoms with van der Waals surface area (Å²) < 4.78 is 12.3. The molecule has 3 heterocycles. The van der Waals surface area contributed by atoms with E-state index in [2.05, 4.69) is 9.97 Å². The maximum Gasteiger partial charge on any atom is 0.374 e. The number of carbonyl (C=O) groups is 1. The molecule has 3 aromatic heterocycles. The van der Waals surface area contributed by atoms with Crippen molar-refractivity contribution < 1.29 is 13.9 Å². The quantitative estimate of drug-likeness (QED) is 0.498. The Labute approximate surface area is 160 Å². The maximum atomic E-state index is 12.3. The van der Waals surface area contributed by atoms with Crippen molar-refractivity contribution in [3.8, 4) is 0 Å². The molecular weight excluding hydrogens is 358 g/mol. The van der Waals surface area contributed by atoms with Crippen molar-refractivity contribution in [3.05, 3.63) is 94.1 Å². The molecule has 0 atom stereocenters. The van der Waals surface area contributed by atoms with E-state index in [1.165, 1.54) is 16.7 Å². The highest BCUT2D eigenvalue weighted by atomic mass is 16.5. The van der Waals surface area contributed by atoms with Gasteiger partial charge < -0.3 is 13.7 Å². The molecule has 0 saturated carbocycles. The normalized spacial score (nSPS) is 10.9. The number of esters is 1. The number of nitrogens with zero attached hydrogens (tertiary/aromatic N) is 3. The molecule has 0 bridgehead atoms. The number of pyridine rings is 1. The molecule has 0 spiro atoms. The summed E-state index contributed by atoms with van der Waals surface area (Å²) in [7, 11) is 0. The zero-order valence-electron chi connectivity index (χ0n) is 15.2. The molecule has 7 heteroatoms. The van der Waals surface area contributed by atoms with Crippen LogP contribution in [0, 0.1) is 6.92 Å². The Hall–Kier alpha value is -3.74. The molecule has 0 amide bonds. The number of hydrogen-bond acceptors (Lipinski definition) is 6. The summed E-state index contributed by atoms with van der Waals surface area (Å²) in [4.78, 5) is 33.0. The Bertz CT molecular complexity index is 1210. The third-order valence-electron chi connectivity index (χ3n) is 4.27. The number of rotatable bonds is 5. The van der Waals surface area contributed by atoms with Crippen LogP contribution >= 0.6 is 0 Å². The van der Waals surface area contributed by atoms with Crippen molar-refractivity contribution in [2.45, 2.75) is 20.1 Å². The average Bonchev–Trinajstić information content (AvgIpc) is 3.16. The highest BCUT2D eigenvalue weighted by Gasteiger charge is 2.15. The monoisotopic (exact) mass is 375 g/mol. The molecule has 7 nitrogen and oxygen atoms in total. The molecule has 1 aromatic carbocycles. The van der Waals surface area contributed by atoms with Crippen molar-refractivity contribution in [3.63, 3.8) is 0 Å². The van der Waals surface area contributed by atoms with Gasteiger partial charge in [-0.3, -0.25) is 4.79 Å². The van der Waals surface area contributed by atoms with Crippen molar-refractivity contribution in [2.24, 2.45) is 0 Å². The average molecular weight is 375 g/mol. The second-order valence-corrected chi connectivity index (χ2v) is 6.25. The number of para-hydroxylation sites is 2. The van der Waals surface area contributed by atoms with Crippen LogP contribution in [0.4, 0.5) is 0 Å². The minimum atomic E-state index is -0.596. The van der Waals surface area contributed by atoms with Crippen LogP contribution in [-0.2, 0) is 17.9 Å². The van der Waals surface area contributed by atoms with E-state index in [1.54, 1.807) is 24.4 Å². The van der Waals surface area contributed by atoms with E-state index >= 15 is 0 Å². The molecule has 0 saturated heterocycles. The molecule has 0 fully saturated rings. The van der Waals surface area contributed by atoms with Crippen LogP contribution in [-0.4, -0.2) is 20.5 Å². The number of hydrogen-bond donors (Lipinski definition) is 0. The van der Waals surface area contributed by atoms with Crippen molar-refractivity contribution in [1.82, 2.24) is 14.5 Å². The lowest BCUT2D eigenvalue weighted by molar-refractivity contribution is 0.0428. The first-order valence-corrected chi connectivity index (χ1v) is 8.74. The van der Waals surface area contributed by atoms with E-state index in [0.717, 1.165) is 11.0 Å². The fourth-order valence-corrected chi connectivity index (χ4v) is 2.80. The molecule has 28 heavy (non-hydrogen) atoms. The Morgan fingerprint density at radius 1 is 1.04 bits per heavy atom. The highest BCUT2D eigenvalue weighted by molar-refractivity contribution is 5.86. The van der Waals surface area contributed by atoms with Crippen molar-refractivity contribution in [2.75, 3.05) is 0 Å². The van der Waals surface area contributed by atoms with Gasteiger partial charge in [-0.15, -0.1) is 0 Å². The molecule has 4 aromatic rings. The third kappa shape index (κ3) is 3.68. The number of ether oxygens (including phenoxy) is 1. The lowest BCUT2D eigenvalue weighted by Crippen LogP contribution is -2.17. The first-order valence-electron chi connectivity index (χ1n) is 8.74. The van der Waals surface area contributed by atoms with E-state index in [9.17, 15) is 9.59 Å². The molecular formula is C21H17N3O4.